The molecule has 96 valence electrons. The van der Waals surface area contributed by atoms with Crippen LogP contribution in [0, 0.1) is 11.6 Å². The zero-order valence-corrected chi connectivity index (χ0v) is 10.3. The SMILES string of the molecule is CCOC(C)(CC)C(O)c1cc(F)ccc1F. The Bertz CT molecular complexity index is 382. The van der Waals surface area contributed by atoms with Gasteiger partial charge < -0.3 is 9.84 Å². The van der Waals surface area contributed by atoms with Crippen LogP contribution in [0.5, 0.6) is 0 Å². The third kappa shape index (κ3) is 3.01. The van der Waals surface area contributed by atoms with Crippen molar-refractivity contribution in [1.29, 1.82) is 0 Å². The largest absolute Gasteiger partial charge is 0.385 e. The topological polar surface area (TPSA) is 29.5 Å². The van der Waals surface area contributed by atoms with E-state index in [0.717, 1.165) is 18.2 Å². The summed E-state index contributed by atoms with van der Waals surface area (Å²) in [5.74, 6) is -1.20. The second-order valence-electron chi connectivity index (χ2n) is 4.17. The number of rotatable bonds is 5. The molecule has 0 saturated heterocycles. The highest BCUT2D eigenvalue weighted by molar-refractivity contribution is 5.23. The zero-order valence-electron chi connectivity index (χ0n) is 10.3. The Morgan fingerprint density at radius 2 is 2.00 bits per heavy atom. The first kappa shape index (κ1) is 14.1. The summed E-state index contributed by atoms with van der Waals surface area (Å²) in [6, 6.07) is 3.04. The molecule has 1 aromatic carbocycles. The first-order valence-corrected chi connectivity index (χ1v) is 5.71. The van der Waals surface area contributed by atoms with Crippen molar-refractivity contribution in [2.75, 3.05) is 6.61 Å². The van der Waals surface area contributed by atoms with E-state index in [1.54, 1.807) is 13.8 Å². The summed E-state index contributed by atoms with van der Waals surface area (Å²) in [7, 11) is 0. The number of ether oxygens (including phenoxy) is 1. The molecule has 2 unspecified atom stereocenters. The Morgan fingerprint density at radius 1 is 1.35 bits per heavy atom. The highest BCUT2D eigenvalue weighted by atomic mass is 19.1. The van der Waals surface area contributed by atoms with E-state index in [9.17, 15) is 13.9 Å². The highest BCUT2D eigenvalue weighted by Crippen LogP contribution is 2.33. The molecule has 0 aliphatic rings. The van der Waals surface area contributed by atoms with E-state index in [1.807, 2.05) is 6.92 Å². The smallest absolute Gasteiger partial charge is 0.129 e. The standard InChI is InChI=1S/C13H18F2O2/c1-4-13(3,17-5-2)12(16)10-8-9(14)6-7-11(10)15/h6-8,12,16H,4-5H2,1-3H3. The van der Waals surface area contributed by atoms with Gasteiger partial charge >= 0.3 is 0 Å². The van der Waals surface area contributed by atoms with Gasteiger partial charge in [0.2, 0.25) is 0 Å². The summed E-state index contributed by atoms with van der Waals surface area (Å²) in [4.78, 5) is 0. The van der Waals surface area contributed by atoms with Crippen LogP contribution in [0.4, 0.5) is 8.78 Å². The summed E-state index contributed by atoms with van der Waals surface area (Å²) < 4.78 is 32.1. The van der Waals surface area contributed by atoms with Crippen molar-refractivity contribution in [2.24, 2.45) is 0 Å². The van der Waals surface area contributed by atoms with Gasteiger partial charge in [-0.15, -0.1) is 0 Å². The zero-order chi connectivity index (χ0) is 13.1. The van der Waals surface area contributed by atoms with Crippen LogP contribution >= 0.6 is 0 Å². The first-order chi connectivity index (χ1) is 7.94. The molecule has 1 rings (SSSR count). The third-order valence-electron chi connectivity index (χ3n) is 3.01. The van der Waals surface area contributed by atoms with E-state index in [2.05, 4.69) is 0 Å². The van der Waals surface area contributed by atoms with Crippen LogP contribution in [-0.4, -0.2) is 17.3 Å². The summed E-state index contributed by atoms with van der Waals surface area (Å²) in [6.45, 7) is 5.71. The van der Waals surface area contributed by atoms with Crippen LogP contribution in [0.3, 0.4) is 0 Å². The van der Waals surface area contributed by atoms with Gasteiger partial charge in [-0.3, -0.25) is 0 Å². The number of halogens is 2. The molecular weight excluding hydrogens is 226 g/mol. The minimum absolute atomic E-state index is 0.0669. The lowest BCUT2D eigenvalue weighted by Gasteiger charge is -2.33. The fraction of sp³-hybridized carbons (Fsp3) is 0.538. The number of aliphatic hydroxyl groups is 1. The van der Waals surface area contributed by atoms with Gasteiger partial charge in [-0.1, -0.05) is 6.92 Å². The Hall–Kier alpha value is -1.00. The predicted octanol–water partition coefficient (Wildman–Crippen LogP) is 3.20. The normalized spacial score (nSPS) is 16.6. The second-order valence-corrected chi connectivity index (χ2v) is 4.17. The minimum Gasteiger partial charge on any atom is -0.385 e. The quantitative estimate of drug-likeness (QED) is 0.861. The molecule has 0 heterocycles. The van der Waals surface area contributed by atoms with E-state index in [4.69, 9.17) is 4.74 Å². The van der Waals surface area contributed by atoms with Crippen LogP contribution in [0.1, 0.15) is 38.9 Å². The molecule has 0 spiro atoms. The summed E-state index contributed by atoms with van der Waals surface area (Å²) in [6.07, 6.45) is -0.694. The Kier molecular flexibility index (Phi) is 4.60. The molecule has 0 aromatic heterocycles. The monoisotopic (exact) mass is 244 g/mol. The average molecular weight is 244 g/mol. The maximum Gasteiger partial charge on any atom is 0.129 e. The Labute approximate surface area is 100 Å². The molecule has 0 aliphatic carbocycles. The molecule has 0 saturated carbocycles. The highest BCUT2D eigenvalue weighted by Gasteiger charge is 2.34. The molecule has 2 atom stereocenters. The lowest BCUT2D eigenvalue weighted by molar-refractivity contribution is -0.114. The summed E-state index contributed by atoms with van der Waals surface area (Å²) in [5.41, 5.74) is -0.980. The van der Waals surface area contributed by atoms with Crippen LogP contribution in [-0.2, 0) is 4.74 Å². The molecule has 0 bridgehead atoms. The van der Waals surface area contributed by atoms with E-state index in [-0.39, 0.29) is 5.56 Å². The number of hydrogen-bond acceptors (Lipinski definition) is 2. The van der Waals surface area contributed by atoms with Crippen molar-refractivity contribution in [2.45, 2.75) is 38.9 Å². The van der Waals surface area contributed by atoms with Crippen LogP contribution in [0.15, 0.2) is 18.2 Å². The molecule has 1 N–H and O–H groups in total. The van der Waals surface area contributed by atoms with Gasteiger partial charge in [-0.05, 0) is 38.5 Å². The lowest BCUT2D eigenvalue weighted by atomic mass is 9.90. The third-order valence-corrected chi connectivity index (χ3v) is 3.01. The number of hydrogen-bond donors (Lipinski definition) is 1. The fourth-order valence-corrected chi connectivity index (χ4v) is 1.76. The van der Waals surface area contributed by atoms with E-state index < -0.39 is 23.3 Å². The van der Waals surface area contributed by atoms with Crippen molar-refractivity contribution >= 4 is 0 Å². The maximum absolute atomic E-state index is 13.5. The molecule has 0 amide bonds. The van der Waals surface area contributed by atoms with Crippen molar-refractivity contribution in [1.82, 2.24) is 0 Å². The molecule has 2 nitrogen and oxygen atoms in total. The van der Waals surface area contributed by atoms with Crippen molar-refractivity contribution in [3.63, 3.8) is 0 Å². The van der Waals surface area contributed by atoms with E-state index >= 15 is 0 Å². The van der Waals surface area contributed by atoms with Gasteiger partial charge in [-0.2, -0.15) is 0 Å². The number of aliphatic hydroxyl groups excluding tert-OH is 1. The summed E-state index contributed by atoms with van der Waals surface area (Å²) >= 11 is 0. The molecular formula is C13H18F2O2. The second kappa shape index (κ2) is 5.56. The molecule has 4 heteroatoms. The van der Waals surface area contributed by atoms with Crippen LogP contribution < -0.4 is 0 Å². The molecule has 0 fully saturated rings. The van der Waals surface area contributed by atoms with Crippen molar-refractivity contribution < 1.29 is 18.6 Å². The first-order valence-electron chi connectivity index (χ1n) is 5.71. The van der Waals surface area contributed by atoms with Gasteiger partial charge in [0.1, 0.15) is 17.7 Å². The van der Waals surface area contributed by atoms with Crippen molar-refractivity contribution in [3.8, 4) is 0 Å². The lowest BCUT2D eigenvalue weighted by Crippen LogP contribution is -2.36. The summed E-state index contributed by atoms with van der Waals surface area (Å²) in [5, 5.41) is 10.1. The molecule has 1 aromatic rings. The van der Waals surface area contributed by atoms with Gasteiger partial charge in [-0.25, -0.2) is 8.78 Å². The predicted molar refractivity (Wildman–Crippen MR) is 61.6 cm³/mol. The van der Waals surface area contributed by atoms with Crippen LogP contribution in [0.25, 0.3) is 0 Å². The minimum atomic E-state index is -1.19. The van der Waals surface area contributed by atoms with Gasteiger partial charge in [0, 0.05) is 12.2 Å². The average Bonchev–Trinajstić information content (AvgIpc) is 2.31. The van der Waals surface area contributed by atoms with Crippen LogP contribution in [0.2, 0.25) is 0 Å². The van der Waals surface area contributed by atoms with Gasteiger partial charge in [0.15, 0.2) is 0 Å². The Balaban J connectivity index is 3.09. The van der Waals surface area contributed by atoms with Gasteiger partial charge in [0.05, 0.1) is 5.60 Å². The van der Waals surface area contributed by atoms with E-state index in [0.29, 0.717) is 13.0 Å². The van der Waals surface area contributed by atoms with E-state index in [1.165, 1.54) is 0 Å². The van der Waals surface area contributed by atoms with Gasteiger partial charge in [0.25, 0.3) is 0 Å². The molecule has 17 heavy (non-hydrogen) atoms. The number of benzene rings is 1. The molecule has 0 radical (unpaired) electrons. The molecule has 0 aliphatic heterocycles. The Morgan fingerprint density at radius 3 is 2.53 bits per heavy atom. The maximum atomic E-state index is 13.5. The van der Waals surface area contributed by atoms with Crippen molar-refractivity contribution in [3.05, 3.63) is 35.4 Å². The fourth-order valence-electron chi connectivity index (χ4n) is 1.76.